The highest BCUT2D eigenvalue weighted by Crippen LogP contribution is 2.21. The zero-order valence-corrected chi connectivity index (χ0v) is 17.9. The molecule has 3 rings (SSSR count). The number of carbonyl (C=O) groups excluding carboxylic acids is 2. The highest BCUT2D eigenvalue weighted by molar-refractivity contribution is 7.99. The van der Waals surface area contributed by atoms with E-state index in [0.29, 0.717) is 21.7 Å². The molecule has 156 valence electrons. The average molecular weight is 448 g/mol. The number of nitrogens with zero attached hydrogens (tertiary/aromatic N) is 3. The molecule has 0 unspecified atom stereocenters. The van der Waals surface area contributed by atoms with Crippen molar-refractivity contribution in [2.45, 2.75) is 18.6 Å². The van der Waals surface area contributed by atoms with Crippen LogP contribution < -0.4 is 10.6 Å². The molecule has 0 fully saturated rings. The third-order valence-electron chi connectivity index (χ3n) is 4.25. The second-order valence-corrected chi connectivity index (χ2v) is 7.80. The van der Waals surface area contributed by atoms with Gasteiger partial charge in [0.15, 0.2) is 11.0 Å². The Morgan fingerprint density at radius 1 is 1.20 bits per heavy atom. The standard InChI is InChI=1S/C20H19ClFN5O2S/c1-12-9-13(21)7-8-16(12)24-18(28)11-30-20-26-25-17(27(20)2)10-23-19(29)14-5-3-4-6-15(14)22/h3-9H,10-11H2,1-2H3,(H,23,29)(H,24,28). The highest BCUT2D eigenvalue weighted by atomic mass is 35.5. The molecule has 0 saturated heterocycles. The molecule has 0 aliphatic rings. The second-order valence-electron chi connectivity index (χ2n) is 6.42. The molecule has 2 N–H and O–H groups in total. The Kier molecular flexibility index (Phi) is 7.07. The van der Waals surface area contributed by atoms with E-state index >= 15 is 0 Å². The molecular weight excluding hydrogens is 429 g/mol. The molecule has 0 saturated carbocycles. The van der Waals surface area contributed by atoms with Crippen LogP contribution in [0, 0.1) is 12.7 Å². The van der Waals surface area contributed by atoms with Crippen LogP contribution >= 0.6 is 23.4 Å². The first-order valence-corrected chi connectivity index (χ1v) is 10.3. The Morgan fingerprint density at radius 2 is 1.97 bits per heavy atom. The third-order valence-corrected chi connectivity index (χ3v) is 5.50. The summed E-state index contributed by atoms with van der Waals surface area (Å²) in [5.74, 6) is -0.705. The van der Waals surface area contributed by atoms with Crippen molar-refractivity contribution in [1.82, 2.24) is 20.1 Å². The number of amides is 2. The van der Waals surface area contributed by atoms with Gasteiger partial charge in [-0.2, -0.15) is 0 Å². The highest BCUT2D eigenvalue weighted by Gasteiger charge is 2.15. The number of benzene rings is 2. The predicted molar refractivity (Wildman–Crippen MR) is 114 cm³/mol. The zero-order chi connectivity index (χ0) is 21.7. The van der Waals surface area contributed by atoms with Gasteiger partial charge in [-0.05, 0) is 42.8 Å². The number of hydrogen-bond donors (Lipinski definition) is 2. The van der Waals surface area contributed by atoms with Gasteiger partial charge in [-0.3, -0.25) is 9.59 Å². The Balaban J connectivity index is 1.54. The van der Waals surface area contributed by atoms with Gasteiger partial charge in [-0.1, -0.05) is 35.5 Å². The summed E-state index contributed by atoms with van der Waals surface area (Å²) in [6.45, 7) is 1.94. The number of aromatic nitrogens is 3. The van der Waals surface area contributed by atoms with E-state index in [1.54, 1.807) is 35.9 Å². The maximum atomic E-state index is 13.7. The predicted octanol–water partition coefficient (Wildman–Crippen LogP) is 3.58. The summed E-state index contributed by atoms with van der Waals surface area (Å²) in [4.78, 5) is 24.3. The van der Waals surface area contributed by atoms with E-state index in [4.69, 9.17) is 11.6 Å². The van der Waals surface area contributed by atoms with E-state index < -0.39 is 11.7 Å². The number of nitrogens with one attached hydrogen (secondary N) is 2. The van der Waals surface area contributed by atoms with E-state index in [-0.39, 0.29) is 23.8 Å². The van der Waals surface area contributed by atoms with Crippen molar-refractivity contribution in [2.24, 2.45) is 7.05 Å². The summed E-state index contributed by atoms with van der Waals surface area (Å²) in [7, 11) is 1.73. The van der Waals surface area contributed by atoms with Crippen LogP contribution in [-0.2, 0) is 18.4 Å². The Bertz CT molecular complexity index is 1090. The number of hydrogen-bond acceptors (Lipinski definition) is 5. The first-order valence-electron chi connectivity index (χ1n) is 8.95. The molecule has 1 aromatic heterocycles. The zero-order valence-electron chi connectivity index (χ0n) is 16.3. The van der Waals surface area contributed by atoms with Crippen molar-refractivity contribution in [2.75, 3.05) is 11.1 Å². The fourth-order valence-electron chi connectivity index (χ4n) is 2.61. The molecule has 0 aliphatic heterocycles. The summed E-state index contributed by atoms with van der Waals surface area (Å²) < 4.78 is 15.4. The van der Waals surface area contributed by atoms with E-state index in [9.17, 15) is 14.0 Å². The summed E-state index contributed by atoms with van der Waals surface area (Å²) in [5.41, 5.74) is 1.52. The maximum absolute atomic E-state index is 13.7. The first kappa shape index (κ1) is 21.8. The summed E-state index contributed by atoms with van der Waals surface area (Å²) in [6, 6.07) is 11.0. The molecule has 2 aromatic carbocycles. The number of thioether (sulfide) groups is 1. The van der Waals surface area contributed by atoms with Crippen LogP contribution in [0.3, 0.4) is 0 Å². The first-order chi connectivity index (χ1) is 14.3. The molecule has 0 spiro atoms. The Hall–Kier alpha value is -2.91. The molecule has 30 heavy (non-hydrogen) atoms. The van der Waals surface area contributed by atoms with Gasteiger partial charge in [0.2, 0.25) is 5.91 Å². The number of aryl methyl sites for hydroxylation is 1. The summed E-state index contributed by atoms with van der Waals surface area (Å²) in [6.07, 6.45) is 0. The van der Waals surface area contributed by atoms with E-state index in [2.05, 4.69) is 20.8 Å². The lowest BCUT2D eigenvalue weighted by Gasteiger charge is -2.09. The van der Waals surface area contributed by atoms with E-state index in [1.807, 2.05) is 6.92 Å². The molecule has 7 nitrogen and oxygen atoms in total. The molecule has 0 aliphatic carbocycles. The minimum absolute atomic E-state index is 0.0385. The lowest BCUT2D eigenvalue weighted by atomic mass is 10.2. The van der Waals surface area contributed by atoms with E-state index in [0.717, 1.165) is 5.56 Å². The fraction of sp³-hybridized carbons (Fsp3) is 0.200. The molecule has 0 bridgehead atoms. The van der Waals surface area contributed by atoms with Crippen LogP contribution in [-0.4, -0.2) is 32.3 Å². The minimum atomic E-state index is -0.592. The Morgan fingerprint density at radius 3 is 2.70 bits per heavy atom. The van der Waals surface area contributed by atoms with Gasteiger partial charge in [0.1, 0.15) is 5.82 Å². The lowest BCUT2D eigenvalue weighted by molar-refractivity contribution is -0.113. The average Bonchev–Trinajstić information content (AvgIpc) is 3.06. The smallest absolute Gasteiger partial charge is 0.254 e. The van der Waals surface area contributed by atoms with Crippen LogP contribution in [0.15, 0.2) is 47.6 Å². The van der Waals surface area contributed by atoms with Crippen molar-refractivity contribution >= 4 is 40.9 Å². The van der Waals surface area contributed by atoms with Crippen LogP contribution in [0.2, 0.25) is 5.02 Å². The number of halogens is 2. The van der Waals surface area contributed by atoms with Crippen LogP contribution in [0.1, 0.15) is 21.7 Å². The van der Waals surface area contributed by atoms with Gasteiger partial charge >= 0.3 is 0 Å². The quantitative estimate of drug-likeness (QED) is 0.540. The number of rotatable bonds is 7. The van der Waals surface area contributed by atoms with Crippen LogP contribution in [0.25, 0.3) is 0 Å². The molecule has 3 aromatic rings. The van der Waals surface area contributed by atoms with Gasteiger partial charge in [0.25, 0.3) is 5.91 Å². The molecule has 1 heterocycles. The van der Waals surface area contributed by atoms with Crippen molar-refractivity contribution in [3.05, 3.63) is 70.3 Å². The minimum Gasteiger partial charge on any atom is -0.345 e. The largest absolute Gasteiger partial charge is 0.345 e. The summed E-state index contributed by atoms with van der Waals surface area (Å²) in [5, 5.41) is 14.6. The van der Waals surface area contributed by atoms with Gasteiger partial charge in [0, 0.05) is 17.8 Å². The summed E-state index contributed by atoms with van der Waals surface area (Å²) >= 11 is 7.14. The second kappa shape index (κ2) is 9.73. The van der Waals surface area contributed by atoms with Crippen molar-refractivity contribution in [3.8, 4) is 0 Å². The molecule has 10 heteroatoms. The SMILES string of the molecule is Cc1cc(Cl)ccc1NC(=O)CSc1nnc(CNC(=O)c2ccccc2F)n1C. The lowest BCUT2D eigenvalue weighted by Crippen LogP contribution is -2.25. The van der Waals surface area contributed by atoms with Crippen molar-refractivity contribution in [3.63, 3.8) is 0 Å². The third kappa shape index (κ3) is 5.37. The Labute approximate surface area is 182 Å². The van der Waals surface area contributed by atoms with Gasteiger partial charge in [0.05, 0.1) is 17.9 Å². The molecule has 0 atom stereocenters. The molecule has 0 radical (unpaired) electrons. The fourth-order valence-corrected chi connectivity index (χ4v) is 3.56. The van der Waals surface area contributed by atoms with Crippen LogP contribution in [0.4, 0.5) is 10.1 Å². The van der Waals surface area contributed by atoms with Gasteiger partial charge in [-0.25, -0.2) is 4.39 Å². The molecular formula is C20H19ClFN5O2S. The van der Waals surface area contributed by atoms with Crippen LogP contribution in [0.5, 0.6) is 0 Å². The topological polar surface area (TPSA) is 88.9 Å². The van der Waals surface area contributed by atoms with Crippen molar-refractivity contribution < 1.29 is 14.0 Å². The van der Waals surface area contributed by atoms with Gasteiger partial charge < -0.3 is 15.2 Å². The number of carbonyl (C=O) groups is 2. The van der Waals surface area contributed by atoms with Crippen molar-refractivity contribution in [1.29, 1.82) is 0 Å². The molecule has 2 amide bonds. The van der Waals surface area contributed by atoms with E-state index in [1.165, 1.54) is 30.0 Å². The maximum Gasteiger partial charge on any atom is 0.254 e. The van der Waals surface area contributed by atoms with Gasteiger partial charge in [-0.15, -0.1) is 10.2 Å². The number of anilines is 1. The monoisotopic (exact) mass is 447 g/mol. The normalized spacial score (nSPS) is 10.7.